The zero-order chi connectivity index (χ0) is 26.3. The molecular weight excluding hydrogens is 473 g/mol. The molecule has 6 N–H and O–H groups in total. The van der Waals surface area contributed by atoms with Crippen LogP contribution in [-0.2, 0) is 20.6 Å². The molecule has 2 aromatic rings. The zero-order valence-corrected chi connectivity index (χ0v) is 21.2. The minimum Gasteiger partial charge on any atom is -0.508 e. The van der Waals surface area contributed by atoms with E-state index in [0.717, 1.165) is 10.5 Å². The lowest BCUT2D eigenvalue weighted by atomic mass is 10.0. The van der Waals surface area contributed by atoms with E-state index in [0.29, 0.717) is 5.75 Å². The summed E-state index contributed by atoms with van der Waals surface area (Å²) in [6, 6.07) is 10.6. The number of benzene rings is 2. The fourth-order valence-corrected chi connectivity index (χ4v) is 4.64. The van der Waals surface area contributed by atoms with Crippen LogP contribution >= 0.6 is 7.60 Å². The van der Waals surface area contributed by atoms with Crippen LogP contribution in [0.25, 0.3) is 0 Å². The van der Waals surface area contributed by atoms with Gasteiger partial charge in [-0.05, 0) is 42.5 Å². The summed E-state index contributed by atoms with van der Waals surface area (Å²) in [7, 11) is -2.01. The Hall–Kier alpha value is -2.75. The van der Waals surface area contributed by atoms with Gasteiger partial charge >= 0.3 is 7.60 Å². The van der Waals surface area contributed by atoms with Gasteiger partial charge in [0.25, 0.3) is 0 Å². The van der Waals surface area contributed by atoms with Crippen molar-refractivity contribution in [2.45, 2.75) is 44.6 Å². The lowest BCUT2D eigenvalue weighted by Gasteiger charge is -2.30. The number of nitrogens with zero attached hydrogens (tertiary/aromatic N) is 1. The fraction of sp³-hybridized carbons (Fsp3) is 0.417. The van der Waals surface area contributed by atoms with E-state index in [4.69, 9.17) is 10.5 Å². The number of rotatable bonds is 11. The predicted octanol–water partition coefficient (Wildman–Crippen LogP) is 2.14. The van der Waals surface area contributed by atoms with Gasteiger partial charge in [-0.2, -0.15) is 0 Å². The molecule has 192 valence electrons. The Morgan fingerprint density at radius 2 is 1.69 bits per heavy atom. The van der Waals surface area contributed by atoms with Crippen LogP contribution in [0.2, 0.25) is 0 Å². The number of hydrogen-bond acceptors (Lipinski definition) is 7. The van der Waals surface area contributed by atoms with Gasteiger partial charge in [-0.15, -0.1) is 0 Å². The number of aromatic hydroxyl groups is 1. The summed E-state index contributed by atoms with van der Waals surface area (Å²) in [6.45, 7) is 3.68. The lowest BCUT2D eigenvalue weighted by molar-refractivity contribution is -0.145. The molecule has 0 saturated carbocycles. The van der Waals surface area contributed by atoms with Crippen LogP contribution in [0, 0.1) is 5.92 Å². The molecule has 2 amide bonds. The average molecular weight is 508 g/mol. The molecular formula is C24H34N3O7P. The monoisotopic (exact) mass is 507 g/mol. The molecule has 1 unspecified atom stereocenters. The van der Waals surface area contributed by atoms with Gasteiger partial charge in [-0.25, -0.2) is 0 Å². The Labute approximate surface area is 205 Å². The first-order chi connectivity index (χ1) is 16.3. The smallest absolute Gasteiger partial charge is 0.347 e. The minimum absolute atomic E-state index is 0.0466. The molecule has 2 aromatic carbocycles. The van der Waals surface area contributed by atoms with Crippen LogP contribution in [-0.4, -0.2) is 57.8 Å². The van der Waals surface area contributed by atoms with Crippen LogP contribution in [0.5, 0.6) is 11.5 Å². The number of hydrogen-bond donors (Lipinski definition) is 5. The Balaban J connectivity index is 2.24. The van der Waals surface area contributed by atoms with Gasteiger partial charge in [0.15, 0.2) is 0 Å². The number of imide groups is 1. The van der Waals surface area contributed by atoms with Crippen molar-refractivity contribution in [3.63, 3.8) is 0 Å². The SMILES string of the molecule is COc1ccc(C[C@H](N)C(=O)N(C)C(=O)[C@H](CC(C)C)NC(c2ccccc2O)P(=O)(O)O)cc1. The fourth-order valence-electron chi connectivity index (χ4n) is 3.68. The third-order valence-corrected chi connectivity index (χ3v) is 6.62. The Morgan fingerprint density at radius 3 is 2.20 bits per heavy atom. The van der Waals surface area contributed by atoms with Crippen molar-refractivity contribution in [3.05, 3.63) is 59.7 Å². The molecule has 10 nitrogen and oxygen atoms in total. The minimum atomic E-state index is -4.85. The first-order valence-corrected chi connectivity index (χ1v) is 12.8. The summed E-state index contributed by atoms with van der Waals surface area (Å²) in [5.74, 6) is -2.66. The molecule has 0 bridgehead atoms. The van der Waals surface area contributed by atoms with Crippen molar-refractivity contribution >= 4 is 19.4 Å². The number of para-hydroxylation sites is 1. The molecule has 0 aromatic heterocycles. The number of carbonyl (C=O) groups excluding carboxylic acids is 2. The Bertz CT molecular complexity index is 1060. The third kappa shape index (κ3) is 7.88. The van der Waals surface area contributed by atoms with E-state index in [9.17, 15) is 29.0 Å². The molecule has 0 aliphatic rings. The largest absolute Gasteiger partial charge is 0.508 e. The maximum absolute atomic E-state index is 13.3. The molecule has 3 atom stereocenters. The van der Waals surface area contributed by atoms with Crippen LogP contribution in [0.3, 0.4) is 0 Å². The number of methoxy groups -OCH3 is 1. The van der Waals surface area contributed by atoms with Crippen LogP contribution < -0.4 is 15.8 Å². The van der Waals surface area contributed by atoms with Gasteiger partial charge in [-0.1, -0.05) is 44.2 Å². The molecule has 0 saturated heterocycles. The zero-order valence-electron chi connectivity index (χ0n) is 20.3. The average Bonchev–Trinajstić information content (AvgIpc) is 2.80. The van der Waals surface area contributed by atoms with Gasteiger partial charge in [0.05, 0.1) is 19.2 Å². The standard InChI is InChI=1S/C24H34N3O7P/c1-15(2)13-20(26-22(35(31,32)33)18-7-5-6-8-21(18)28)24(30)27(3)23(29)19(25)14-16-9-11-17(34-4)12-10-16/h5-12,15,19-20,22,26,28H,13-14,25H2,1-4H3,(H2,31,32,33)/t19-,20-,22?/m0/s1. The topological polar surface area (TPSA) is 162 Å². The van der Waals surface area contributed by atoms with E-state index in [1.54, 1.807) is 31.4 Å². The van der Waals surface area contributed by atoms with Gasteiger partial charge in [0.2, 0.25) is 11.8 Å². The summed E-state index contributed by atoms with van der Waals surface area (Å²) in [4.78, 5) is 47.1. The summed E-state index contributed by atoms with van der Waals surface area (Å²) in [6.07, 6.45) is 0.375. The second-order valence-electron chi connectivity index (χ2n) is 8.79. The first kappa shape index (κ1) is 28.5. The normalized spacial score (nSPS) is 14.3. The highest BCUT2D eigenvalue weighted by Gasteiger charge is 2.38. The quantitative estimate of drug-likeness (QED) is 0.287. The van der Waals surface area contributed by atoms with E-state index in [2.05, 4.69) is 5.32 Å². The van der Waals surface area contributed by atoms with Gasteiger partial charge in [0.1, 0.15) is 17.3 Å². The van der Waals surface area contributed by atoms with Crippen molar-refractivity contribution in [1.29, 1.82) is 0 Å². The highest BCUT2D eigenvalue weighted by molar-refractivity contribution is 7.52. The Kier molecular flexibility index (Phi) is 10.00. The van der Waals surface area contributed by atoms with Crippen molar-refractivity contribution < 1.29 is 33.8 Å². The van der Waals surface area contributed by atoms with Crippen molar-refractivity contribution in [3.8, 4) is 11.5 Å². The van der Waals surface area contributed by atoms with Crippen molar-refractivity contribution in [2.75, 3.05) is 14.2 Å². The number of likely N-dealkylation sites (N-methyl/N-ethyl adjacent to an activating group) is 1. The van der Waals surface area contributed by atoms with Gasteiger partial charge < -0.3 is 25.4 Å². The number of carbonyl (C=O) groups is 2. The van der Waals surface area contributed by atoms with Crippen LogP contribution in [0.15, 0.2) is 48.5 Å². The second-order valence-corrected chi connectivity index (χ2v) is 10.5. The summed E-state index contributed by atoms with van der Waals surface area (Å²) >= 11 is 0. The number of ether oxygens (including phenoxy) is 1. The Morgan fingerprint density at radius 1 is 1.09 bits per heavy atom. The van der Waals surface area contributed by atoms with Crippen LogP contribution in [0.4, 0.5) is 0 Å². The molecule has 2 rings (SSSR count). The van der Waals surface area contributed by atoms with E-state index in [1.807, 2.05) is 13.8 Å². The number of phenolic OH excluding ortho intramolecular Hbond substituents is 1. The highest BCUT2D eigenvalue weighted by atomic mass is 31.2. The van der Waals surface area contributed by atoms with Crippen molar-refractivity contribution in [2.24, 2.45) is 11.7 Å². The molecule has 35 heavy (non-hydrogen) atoms. The summed E-state index contributed by atoms with van der Waals surface area (Å²) in [5.41, 5.74) is 6.82. The summed E-state index contributed by atoms with van der Waals surface area (Å²) < 4.78 is 17.4. The molecule has 0 spiro atoms. The highest BCUT2D eigenvalue weighted by Crippen LogP contribution is 2.52. The number of nitrogens with two attached hydrogens (primary N) is 1. The maximum atomic E-state index is 13.3. The number of phenols is 1. The van der Waals surface area contributed by atoms with E-state index >= 15 is 0 Å². The maximum Gasteiger partial charge on any atom is 0.347 e. The first-order valence-electron chi connectivity index (χ1n) is 11.1. The molecule has 11 heteroatoms. The molecule has 0 fully saturated rings. The summed E-state index contributed by atoms with van der Waals surface area (Å²) in [5, 5.41) is 12.9. The third-order valence-electron chi connectivity index (χ3n) is 5.52. The molecule has 0 aliphatic heterocycles. The molecule has 0 radical (unpaired) electrons. The number of nitrogens with one attached hydrogen (secondary N) is 1. The predicted molar refractivity (Wildman–Crippen MR) is 132 cm³/mol. The van der Waals surface area contributed by atoms with Gasteiger partial charge in [0, 0.05) is 12.6 Å². The molecule has 0 aliphatic carbocycles. The van der Waals surface area contributed by atoms with Crippen LogP contribution in [0.1, 0.15) is 37.2 Å². The second kappa shape index (κ2) is 12.3. The van der Waals surface area contributed by atoms with E-state index < -0.39 is 37.3 Å². The van der Waals surface area contributed by atoms with Gasteiger partial charge in [-0.3, -0.25) is 24.4 Å². The van der Waals surface area contributed by atoms with Crippen molar-refractivity contribution in [1.82, 2.24) is 10.2 Å². The van der Waals surface area contributed by atoms with E-state index in [-0.39, 0.29) is 30.1 Å². The molecule has 0 heterocycles. The lowest BCUT2D eigenvalue weighted by Crippen LogP contribution is -2.53. The number of amides is 2. The van der Waals surface area contributed by atoms with E-state index in [1.165, 1.54) is 31.3 Å².